The predicted octanol–water partition coefficient (Wildman–Crippen LogP) is 4.27. The van der Waals surface area contributed by atoms with Crippen molar-refractivity contribution in [1.29, 1.82) is 0 Å². The third-order valence-electron chi connectivity index (χ3n) is 3.90. The molecule has 134 valence electrons. The molecule has 0 bridgehead atoms. The molecular formula is C18H19N5O2S. The van der Waals surface area contributed by atoms with Crippen molar-refractivity contribution < 1.29 is 4.92 Å². The second-order valence-corrected chi connectivity index (χ2v) is 6.74. The second kappa shape index (κ2) is 8.39. The molecule has 1 atom stereocenters. The molecule has 1 unspecified atom stereocenters. The van der Waals surface area contributed by atoms with Gasteiger partial charge in [-0.15, -0.1) is 11.3 Å². The number of hydrogen-bond acceptors (Lipinski definition) is 7. The van der Waals surface area contributed by atoms with E-state index in [9.17, 15) is 10.1 Å². The summed E-state index contributed by atoms with van der Waals surface area (Å²) >= 11 is 1.66. The first kappa shape index (κ1) is 17.8. The lowest BCUT2D eigenvalue weighted by molar-refractivity contribution is -0.383. The third-order valence-corrected chi connectivity index (χ3v) is 4.84. The van der Waals surface area contributed by atoms with Crippen LogP contribution in [0.2, 0.25) is 0 Å². The molecule has 26 heavy (non-hydrogen) atoms. The molecule has 2 aromatic heterocycles. The highest BCUT2D eigenvalue weighted by Crippen LogP contribution is 2.31. The fraction of sp³-hybridized carbons (Fsp3) is 0.222. The van der Waals surface area contributed by atoms with Crippen LogP contribution >= 0.6 is 11.3 Å². The average Bonchev–Trinajstić information content (AvgIpc) is 3.16. The largest absolute Gasteiger partial charge is 0.364 e. The van der Waals surface area contributed by atoms with Crippen molar-refractivity contribution in [2.75, 3.05) is 17.2 Å². The Balaban J connectivity index is 1.76. The highest BCUT2D eigenvalue weighted by Gasteiger charge is 2.24. The van der Waals surface area contributed by atoms with E-state index >= 15 is 0 Å². The maximum Gasteiger partial charge on any atom is 0.353 e. The number of nitrogens with zero attached hydrogens (tertiary/aromatic N) is 3. The Labute approximate surface area is 155 Å². The second-order valence-electron chi connectivity index (χ2n) is 5.71. The van der Waals surface area contributed by atoms with Crippen molar-refractivity contribution in [2.24, 2.45) is 0 Å². The van der Waals surface area contributed by atoms with E-state index in [4.69, 9.17) is 0 Å². The van der Waals surface area contributed by atoms with Crippen LogP contribution in [0.15, 0.2) is 54.2 Å². The van der Waals surface area contributed by atoms with Crippen LogP contribution in [0.5, 0.6) is 0 Å². The molecule has 0 saturated heterocycles. The summed E-state index contributed by atoms with van der Waals surface area (Å²) in [5.41, 5.74) is 0.883. The van der Waals surface area contributed by atoms with Gasteiger partial charge in [-0.2, -0.15) is 0 Å². The first-order chi connectivity index (χ1) is 12.6. The van der Waals surface area contributed by atoms with Gasteiger partial charge in [0.05, 0.1) is 11.0 Å². The van der Waals surface area contributed by atoms with E-state index in [0.29, 0.717) is 6.54 Å². The van der Waals surface area contributed by atoms with Crippen molar-refractivity contribution in [2.45, 2.75) is 19.4 Å². The maximum absolute atomic E-state index is 11.6. The normalized spacial score (nSPS) is 11.7. The molecule has 7 nitrogen and oxygen atoms in total. The van der Waals surface area contributed by atoms with Gasteiger partial charge in [0.1, 0.15) is 6.33 Å². The highest BCUT2D eigenvalue weighted by molar-refractivity contribution is 7.09. The molecule has 3 rings (SSSR count). The van der Waals surface area contributed by atoms with E-state index in [-0.39, 0.29) is 23.4 Å². The number of aromatic nitrogens is 2. The molecule has 0 aliphatic heterocycles. The van der Waals surface area contributed by atoms with Crippen molar-refractivity contribution >= 4 is 28.7 Å². The topological polar surface area (TPSA) is 93.0 Å². The zero-order valence-electron chi connectivity index (χ0n) is 14.3. The molecule has 8 heteroatoms. The lowest BCUT2D eigenvalue weighted by atomic mass is 10.1. The average molecular weight is 369 g/mol. The van der Waals surface area contributed by atoms with E-state index in [1.807, 2.05) is 54.8 Å². The Morgan fingerprint density at radius 3 is 2.62 bits per heavy atom. The molecule has 0 spiro atoms. The molecule has 0 saturated carbocycles. The minimum absolute atomic E-state index is 0.122. The number of nitro groups is 1. The van der Waals surface area contributed by atoms with Gasteiger partial charge in [0.2, 0.25) is 11.6 Å². The SMILES string of the molecule is CC(Nc1ncnc(NCCc2cccs2)c1[N+](=O)[O-])c1ccccc1. The first-order valence-electron chi connectivity index (χ1n) is 8.22. The fourth-order valence-electron chi connectivity index (χ4n) is 2.58. The van der Waals surface area contributed by atoms with E-state index in [1.165, 1.54) is 11.2 Å². The molecule has 2 N–H and O–H groups in total. The Kier molecular flexibility index (Phi) is 5.75. The molecule has 3 aromatic rings. The smallest absolute Gasteiger partial charge is 0.353 e. The van der Waals surface area contributed by atoms with Crippen LogP contribution in [0.1, 0.15) is 23.4 Å². The quantitative estimate of drug-likeness (QED) is 0.455. The summed E-state index contributed by atoms with van der Waals surface area (Å²) < 4.78 is 0. The summed E-state index contributed by atoms with van der Waals surface area (Å²) in [6.07, 6.45) is 2.11. The summed E-state index contributed by atoms with van der Waals surface area (Å²) in [5, 5.41) is 19.8. The van der Waals surface area contributed by atoms with Gasteiger partial charge in [0.15, 0.2) is 0 Å². The van der Waals surface area contributed by atoms with E-state index in [2.05, 4.69) is 20.6 Å². The molecule has 1 aromatic carbocycles. The van der Waals surface area contributed by atoms with Gasteiger partial charge in [0.25, 0.3) is 0 Å². The summed E-state index contributed by atoms with van der Waals surface area (Å²) in [5.74, 6) is 0.435. The van der Waals surface area contributed by atoms with Gasteiger partial charge in [-0.1, -0.05) is 36.4 Å². The molecule has 0 radical (unpaired) electrons. The maximum atomic E-state index is 11.6. The number of rotatable bonds is 8. The Morgan fingerprint density at radius 2 is 1.92 bits per heavy atom. The van der Waals surface area contributed by atoms with Crippen LogP contribution in [-0.4, -0.2) is 21.4 Å². The van der Waals surface area contributed by atoms with Gasteiger partial charge >= 0.3 is 5.69 Å². The third kappa shape index (κ3) is 4.34. The van der Waals surface area contributed by atoms with E-state index in [1.54, 1.807) is 11.3 Å². The van der Waals surface area contributed by atoms with Gasteiger partial charge in [-0.25, -0.2) is 9.97 Å². The zero-order valence-corrected chi connectivity index (χ0v) is 15.1. The number of benzene rings is 1. The number of anilines is 2. The molecule has 0 amide bonds. The predicted molar refractivity (Wildman–Crippen MR) is 104 cm³/mol. The monoisotopic (exact) mass is 369 g/mol. The fourth-order valence-corrected chi connectivity index (χ4v) is 3.28. The number of nitrogens with one attached hydrogen (secondary N) is 2. The molecule has 0 aliphatic carbocycles. The number of thiophene rings is 1. The number of hydrogen-bond donors (Lipinski definition) is 2. The van der Waals surface area contributed by atoms with Gasteiger partial charge < -0.3 is 10.6 Å². The summed E-state index contributed by atoms with van der Waals surface area (Å²) in [7, 11) is 0. The van der Waals surface area contributed by atoms with Crippen LogP contribution in [-0.2, 0) is 6.42 Å². The van der Waals surface area contributed by atoms with Crippen LogP contribution in [0.3, 0.4) is 0 Å². The van der Waals surface area contributed by atoms with Crippen molar-refractivity contribution in [1.82, 2.24) is 9.97 Å². The standard InChI is InChI=1S/C18H19N5O2S/c1-13(14-6-3-2-4-7-14)22-18-16(23(24)25)17(20-12-21-18)19-10-9-15-8-5-11-26-15/h2-8,11-13H,9-10H2,1H3,(H2,19,20,21,22). The van der Waals surface area contributed by atoms with Crippen LogP contribution in [0.25, 0.3) is 0 Å². The van der Waals surface area contributed by atoms with Gasteiger partial charge in [-0.05, 0) is 30.4 Å². The van der Waals surface area contributed by atoms with Crippen molar-refractivity contribution in [3.05, 3.63) is 74.7 Å². The Morgan fingerprint density at radius 1 is 1.15 bits per heavy atom. The van der Waals surface area contributed by atoms with E-state index < -0.39 is 4.92 Å². The minimum atomic E-state index is -0.451. The van der Waals surface area contributed by atoms with Crippen LogP contribution < -0.4 is 10.6 Å². The molecule has 2 heterocycles. The van der Waals surface area contributed by atoms with Crippen LogP contribution in [0, 0.1) is 10.1 Å². The molecule has 0 fully saturated rings. The minimum Gasteiger partial charge on any atom is -0.364 e. The Hall–Kier alpha value is -3.00. The van der Waals surface area contributed by atoms with Gasteiger partial charge in [0, 0.05) is 11.4 Å². The Bertz CT molecular complexity index is 855. The van der Waals surface area contributed by atoms with Crippen LogP contribution in [0.4, 0.5) is 17.3 Å². The summed E-state index contributed by atoms with van der Waals surface area (Å²) in [4.78, 5) is 20.5. The molecule has 0 aliphatic rings. The van der Waals surface area contributed by atoms with Crippen molar-refractivity contribution in [3.63, 3.8) is 0 Å². The zero-order chi connectivity index (χ0) is 18.4. The molecular weight excluding hydrogens is 350 g/mol. The van der Waals surface area contributed by atoms with Crippen molar-refractivity contribution in [3.8, 4) is 0 Å². The van der Waals surface area contributed by atoms with Gasteiger partial charge in [-0.3, -0.25) is 10.1 Å². The lowest BCUT2D eigenvalue weighted by Gasteiger charge is -2.15. The summed E-state index contributed by atoms with van der Waals surface area (Å²) in [6.45, 7) is 2.50. The lowest BCUT2D eigenvalue weighted by Crippen LogP contribution is -2.13. The highest BCUT2D eigenvalue weighted by atomic mass is 32.1. The first-order valence-corrected chi connectivity index (χ1v) is 9.10. The summed E-state index contributed by atoms with van der Waals surface area (Å²) in [6, 6.07) is 13.6. The van der Waals surface area contributed by atoms with E-state index in [0.717, 1.165) is 12.0 Å².